The second-order valence-electron chi connectivity index (χ2n) is 7.37. The summed E-state index contributed by atoms with van der Waals surface area (Å²) in [4.78, 5) is 10.3. The number of carbonyl (C=O) groups is 1. The van der Waals surface area contributed by atoms with Gasteiger partial charge in [-0.25, -0.2) is 0 Å². The van der Waals surface area contributed by atoms with Crippen molar-refractivity contribution in [2.45, 2.75) is 103 Å². The van der Waals surface area contributed by atoms with Crippen molar-refractivity contribution < 1.29 is 15.0 Å². The van der Waals surface area contributed by atoms with Gasteiger partial charge in [0.05, 0.1) is 6.61 Å². The fourth-order valence-electron chi connectivity index (χ4n) is 2.93. The fraction of sp³-hybridized carbons (Fsp3) is 0.640. The van der Waals surface area contributed by atoms with E-state index in [0.29, 0.717) is 6.42 Å². The second-order valence-corrected chi connectivity index (χ2v) is 7.37. The summed E-state index contributed by atoms with van der Waals surface area (Å²) in [5.74, 6) is -0.664. The van der Waals surface area contributed by atoms with Crippen LogP contribution < -0.4 is 0 Å². The lowest BCUT2D eigenvalue weighted by Gasteiger charge is -1.99. The first-order valence-electron chi connectivity index (χ1n) is 11.2. The number of carboxylic acid groups (broad SMARTS) is 1. The molecule has 0 saturated heterocycles. The third-order valence-corrected chi connectivity index (χ3v) is 4.68. The third kappa shape index (κ3) is 20.7. The average molecular weight is 391 g/mol. The monoisotopic (exact) mass is 390 g/mol. The molecule has 0 saturated carbocycles. The molecule has 3 nitrogen and oxygen atoms in total. The van der Waals surface area contributed by atoms with Crippen LogP contribution in [0.4, 0.5) is 0 Å². The van der Waals surface area contributed by atoms with Gasteiger partial charge in [-0.05, 0) is 37.7 Å². The van der Waals surface area contributed by atoms with E-state index in [1.165, 1.54) is 70.6 Å². The smallest absolute Gasteiger partial charge is 0.303 e. The topological polar surface area (TPSA) is 57.5 Å². The molecule has 1 rings (SSSR count). The molecule has 0 aliphatic rings. The van der Waals surface area contributed by atoms with Gasteiger partial charge in [0, 0.05) is 6.42 Å². The maximum atomic E-state index is 10.3. The van der Waals surface area contributed by atoms with Crippen LogP contribution in [0.15, 0.2) is 42.5 Å². The molecule has 0 aromatic heterocycles. The molecule has 0 spiro atoms. The molecular formula is C25H42O3. The molecular weight excluding hydrogens is 348 g/mol. The van der Waals surface area contributed by atoms with E-state index in [1.807, 2.05) is 30.3 Å². The lowest BCUT2D eigenvalue weighted by Crippen LogP contribution is -1.93. The first kappa shape index (κ1) is 26.4. The van der Waals surface area contributed by atoms with E-state index in [1.54, 1.807) is 0 Å². The van der Waals surface area contributed by atoms with Crippen LogP contribution in [-0.2, 0) is 11.4 Å². The van der Waals surface area contributed by atoms with Crippen molar-refractivity contribution >= 4 is 5.97 Å². The Balaban J connectivity index is 0.000000749. The number of hydrogen-bond donors (Lipinski definition) is 2. The van der Waals surface area contributed by atoms with Gasteiger partial charge >= 0.3 is 5.97 Å². The highest BCUT2D eigenvalue weighted by atomic mass is 16.4. The molecule has 2 N–H and O–H groups in total. The number of rotatable bonds is 16. The maximum Gasteiger partial charge on any atom is 0.303 e. The van der Waals surface area contributed by atoms with Gasteiger partial charge in [-0.15, -0.1) is 0 Å². The maximum absolute atomic E-state index is 10.3. The van der Waals surface area contributed by atoms with E-state index in [2.05, 4.69) is 19.1 Å². The molecule has 1 aromatic rings. The molecule has 160 valence electrons. The molecule has 0 aliphatic heterocycles. The minimum absolute atomic E-state index is 0.140. The quantitative estimate of drug-likeness (QED) is 0.230. The molecule has 28 heavy (non-hydrogen) atoms. The summed E-state index contributed by atoms with van der Waals surface area (Å²) in [6, 6.07) is 9.52. The minimum atomic E-state index is -0.664. The van der Waals surface area contributed by atoms with Gasteiger partial charge < -0.3 is 10.2 Å². The highest BCUT2D eigenvalue weighted by molar-refractivity contribution is 5.66. The number of carboxylic acids is 1. The third-order valence-electron chi connectivity index (χ3n) is 4.68. The zero-order chi connectivity index (χ0) is 20.7. The Labute approximate surface area is 172 Å². The predicted octanol–water partition coefficient (Wildman–Crippen LogP) is 7.29. The predicted molar refractivity (Wildman–Crippen MR) is 119 cm³/mol. The van der Waals surface area contributed by atoms with Crippen molar-refractivity contribution in [3.8, 4) is 0 Å². The van der Waals surface area contributed by atoms with Crippen LogP contribution in [-0.4, -0.2) is 16.2 Å². The van der Waals surface area contributed by atoms with E-state index < -0.39 is 5.97 Å². The van der Waals surface area contributed by atoms with E-state index in [9.17, 15) is 4.79 Å². The number of aliphatic hydroxyl groups is 1. The average Bonchev–Trinajstić information content (AvgIpc) is 2.72. The Morgan fingerprint density at radius 2 is 1.29 bits per heavy atom. The first-order valence-corrected chi connectivity index (χ1v) is 11.2. The van der Waals surface area contributed by atoms with E-state index in [0.717, 1.165) is 18.4 Å². The number of aliphatic hydroxyl groups excluding tert-OH is 1. The summed E-state index contributed by atoms with van der Waals surface area (Å²) in [5.41, 5.74) is 0.965. The molecule has 0 aliphatic carbocycles. The van der Waals surface area contributed by atoms with Gasteiger partial charge in [-0.3, -0.25) is 4.79 Å². The zero-order valence-corrected chi connectivity index (χ0v) is 18.0. The van der Waals surface area contributed by atoms with Crippen LogP contribution in [0, 0.1) is 0 Å². The molecule has 0 unspecified atom stereocenters. The van der Waals surface area contributed by atoms with Gasteiger partial charge in [0.1, 0.15) is 0 Å². The van der Waals surface area contributed by atoms with Crippen molar-refractivity contribution in [3.63, 3.8) is 0 Å². The summed E-state index contributed by atoms with van der Waals surface area (Å²) >= 11 is 0. The van der Waals surface area contributed by atoms with Gasteiger partial charge in [0.15, 0.2) is 0 Å². The van der Waals surface area contributed by atoms with Gasteiger partial charge in [0.25, 0.3) is 0 Å². The lowest BCUT2D eigenvalue weighted by molar-refractivity contribution is -0.137. The Morgan fingerprint density at radius 3 is 1.75 bits per heavy atom. The van der Waals surface area contributed by atoms with E-state index in [4.69, 9.17) is 10.2 Å². The zero-order valence-electron chi connectivity index (χ0n) is 18.0. The van der Waals surface area contributed by atoms with Crippen molar-refractivity contribution in [3.05, 3.63) is 48.0 Å². The summed E-state index contributed by atoms with van der Waals surface area (Å²) in [7, 11) is 0. The molecule has 3 heteroatoms. The first-order chi connectivity index (χ1) is 13.7. The Kier molecular flexibility index (Phi) is 20.4. The normalized spacial score (nSPS) is 10.6. The SMILES string of the molecule is CCCCCCCC/C=C\CCCCCCCC(=O)O.OCc1ccccc1. The largest absolute Gasteiger partial charge is 0.481 e. The van der Waals surface area contributed by atoms with Crippen LogP contribution in [0.3, 0.4) is 0 Å². The molecule has 0 amide bonds. The van der Waals surface area contributed by atoms with Crippen molar-refractivity contribution in [1.29, 1.82) is 0 Å². The van der Waals surface area contributed by atoms with Crippen molar-refractivity contribution in [2.75, 3.05) is 0 Å². The number of benzene rings is 1. The Morgan fingerprint density at radius 1 is 0.786 bits per heavy atom. The molecule has 0 fully saturated rings. The Bertz CT molecular complexity index is 468. The molecule has 0 radical (unpaired) electrons. The molecule has 1 aromatic carbocycles. The van der Waals surface area contributed by atoms with Crippen molar-refractivity contribution in [2.24, 2.45) is 0 Å². The van der Waals surface area contributed by atoms with E-state index >= 15 is 0 Å². The highest BCUT2D eigenvalue weighted by Crippen LogP contribution is 2.09. The van der Waals surface area contributed by atoms with Gasteiger partial charge in [-0.1, -0.05) is 101 Å². The van der Waals surface area contributed by atoms with E-state index in [-0.39, 0.29) is 6.61 Å². The van der Waals surface area contributed by atoms with Crippen LogP contribution in [0.25, 0.3) is 0 Å². The van der Waals surface area contributed by atoms with Crippen LogP contribution in [0.1, 0.15) is 102 Å². The second kappa shape index (κ2) is 21.7. The number of aliphatic carboxylic acids is 1. The minimum Gasteiger partial charge on any atom is -0.481 e. The van der Waals surface area contributed by atoms with Crippen molar-refractivity contribution in [1.82, 2.24) is 0 Å². The standard InChI is InChI=1S/C18H34O2.C7H8O/c1-2-3-4-5-6-7-8-9-10-11-12-13-14-15-16-17-18(19)20;8-6-7-4-2-1-3-5-7/h9-10H,2-8,11-17H2,1H3,(H,19,20);1-5,8H,6H2/b10-9-;. The molecule has 0 bridgehead atoms. The number of allylic oxidation sites excluding steroid dienone is 2. The summed E-state index contributed by atoms with van der Waals surface area (Å²) in [6.45, 7) is 2.40. The molecule has 0 atom stereocenters. The summed E-state index contributed by atoms with van der Waals surface area (Å²) < 4.78 is 0. The van der Waals surface area contributed by atoms with Gasteiger partial charge in [-0.2, -0.15) is 0 Å². The Hall–Kier alpha value is -1.61. The summed E-state index contributed by atoms with van der Waals surface area (Å²) in [6.07, 6.45) is 21.2. The van der Waals surface area contributed by atoms with Gasteiger partial charge in [0.2, 0.25) is 0 Å². The highest BCUT2D eigenvalue weighted by Gasteiger charge is 1.95. The lowest BCUT2D eigenvalue weighted by atomic mass is 10.1. The fourth-order valence-corrected chi connectivity index (χ4v) is 2.93. The number of unbranched alkanes of at least 4 members (excludes halogenated alkanes) is 11. The van der Waals surface area contributed by atoms with Crippen LogP contribution >= 0.6 is 0 Å². The molecule has 0 heterocycles. The van der Waals surface area contributed by atoms with Crippen LogP contribution in [0.2, 0.25) is 0 Å². The number of hydrogen-bond acceptors (Lipinski definition) is 2. The summed E-state index contributed by atoms with van der Waals surface area (Å²) in [5, 5.41) is 17.0. The van der Waals surface area contributed by atoms with Crippen LogP contribution in [0.5, 0.6) is 0 Å².